The summed E-state index contributed by atoms with van der Waals surface area (Å²) in [6.45, 7) is 0.574. The van der Waals surface area contributed by atoms with E-state index in [4.69, 9.17) is 4.74 Å². The third kappa shape index (κ3) is 3.23. The molecular formula is C24H17N3O2. The predicted molar refractivity (Wildman–Crippen MR) is 112 cm³/mol. The predicted octanol–water partition coefficient (Wildman–Crippen LogP) is 4.85. The lowest BCUT2D eigenvalue weighted by Crippen LogP contribution is -2.11. The van der Waals surface area contributed by atoms with E-state index in [1.807, 2.05) is 83.5 Å². The van der Waals surface area contributed by atoms with Gasteiger partial charge in [0.1, 0.15) is 5.52 Å². The van der Waals surface area contributed by atoms with E-state index in [-0.39, 0.29) is 0 Å². The average molecular weight is 379 g/mol. The zero-order valence-electron chi connectivity index (χ0n) is 15.5. The number of hydrogen-bond acceptors (Lipinski definition) is 4. The Balaban J connectivity index is 1.53. The van der Waals surface area contributed by atoms with E-state index in [2.05, 4.69) is 10.1 Å². The third-order valence-corrected chi connectivity index (χ3v) is 4.82. The second kappa shape index (κ2) is 7.20. The van der Waals surface area contributed by atoms with E-state index in [1.165, 1.54) is 0 Å². The van der Waals surface area contributed by atoms with Gasteiger partial charge in [0.15, 0.2) is 11.4 Å². The van der Waals surface area contributed by atoms with Gasteiger partial charge in [0.2, 0.25) is 0 Å². The zero-order valence-corrected chi connectivity index (χ0v) is 15.5. The first-order chi connectivity index (χ1) is 14.3. The molecule has 0 fully saturated rings. The number of para-hydroxylation sites is 2. The van der Waals surface area contributed by atoms with Crippen molar-refractivity contribution in [3.05, 3.63) is 102 Å². The molecule has 0 atom stereocenters. The van der Waals surface area contributed by atoms with Crippen molar-refractivity contribution in [1.82, 2.24) is 14.8 Å². The van der Waals surface area contributed by atoms with Gasteiger partial charge in [-0.2, -0.15) is 5.10 Å². The van der Waals surface area contributed by atoms with Crippen molar-refractivity contribution in [2.75, 3.05) is 0 Å². The van der Waals surface area contributed by atoms with Crippen LogP contribution in [0.4, 0.5) is 0 Å². The molecule has 29 heavy (non-hydrogen) atoms. The topological polar surface area (TPSA) is 57.0 Å². The smallest absolute Gasteiger partial charge is 0.364 e. The molecule has 0 bridgehead atoms. The fourth-order valence-electron chi connectivity index (χ4n) is 3.46. The molecule has 0 unspecified atom stereocenters. The first-order valence-electron chi connectivity index (χ1n) is 9.35. The van der Waals surface area contributed by atoms with Crippen LogP contribution in [-0.2, 0) is 6.54 Å². The number of rotatable bonds is 4. The van der Waals surface area contributed by atoms with Crippen molar-refractivity contribution >= 4 is 27.8 Å². The van der Waals surface area contributed by atoms with Crippen LogP contribution in [-0.4, -0.2) is 20.7 Å². The molecule has 5 aromatic rings. The van der Waals surface area contributed by atoms with Crippen molar-refractivity contribution in [2.24, 2.45) is 0 Å². The monoisotopic (exact) mass is 379 g/mol. The van der Waals surface area contributed by atoms with Gasteiger partial charge in [-0.25, -0.2) is 4.79 Å². The quantitative estimate of drug-likeness (QED) is 0.331. The van der Waals surface area contributed by atoms with E-state index in [0.29, 0.717) is 23.5 Å². The number of ether oxygens (including phenoxy) is 1. The number of esters is 1. The number of hydrogen-bond donors (Lipinski definition) is 0. The van der Waals surface area contributed by atoms with Gasteiger partial charge < -0.3 is 4.74 Å². The fraction of sp³-hybridized carbons (Fsp3) is 0.0417. The summed E-state index contributed by atoms with van der Waals surface area (Å²) in [6.07, 6.45) is 1.68. The molecule has 0 saturated carbocycles. The summed E-state index contributed by atoms with van der Waals surface area (Å²) in [5.41, 5.74) is 2.94. The maximum Gasteiger partial charge on any atom is 0.364 e. The van der Waals surface area contributed by atoms with Gasteiger partial charge in [0.05, 0.1) is 12.1 Å². The van der Waals surface area contributed by atoms with Crippen LogP contribution >= 0.6 is 0 Å². The van der Waals surface area contributed by atoms with E-state index in [1.54, 1.807) is 12.3 Å². The third-order valence-electron chi connectivity index (χ3n) is 4.82. The van der Waals surface area contributed by atoms with E-state index < -0.39 is 5.97 Å². The molecular weight excluding hydrogens is 362 g/mol. The second-order valence-corrected chi connectivity index (χ2v) is 6.73. The lowest BCUT2D eigenvalue weighted by atomic mass is 10.2. The molecule has 0 N–H and O–H groups in total. The highest BCUT2D eigenvalue weighted by molar-refractivity contribution is 6.03. The van der Waals surface area contributed by atoms with Crippen molar-refractivity contribution < 1.29 is 9.53 Å². The molecule has 0 aliphatic heterocycles. The molecule has 0 radical (unpaired) electrons. The molecule has 0 amide bonds. The van der Waals surface area contributed by atoms with Crippen LogP contribution in [0.15, 0.2) is 91.1 Å². The normalized spacial score (nSPS) is 11.0. The summed E-state index contributed by atoms with van der Waals surface area (Å²) in [7, 11) is 0. The molecule has 0 saturated heterocycles. The van der Waals surface area contributed by atoms with Gasteiger partial charge in [0.25, 0.3) is 0 Å². The molecule has 140 valence electrons. The summed E-state index contributed by atoms with van der Waals surface area (Å²) < 4.78 is 7.54. The molecule has 5 rings (SSSR count). The van der Waals surface area contributed by atoms with Crippen LogP contribution in [0.1, 0.15) is 16.1 Å². The summed E-state index contributed by atoms with van der Waals surface area (Å²) >= 11 is 0. The Kier molecular flexibility index (Phi) is 4.26. The lowest BCUT2D eigenvalue weighted by molar-refractivity contribution is 0.0731. The van der Waals surface area contributed by atoms with Crippen molar-refractivity contribution in [3.8, 4) is 5.75 Å². The Morgan fingerprint density at radius 3 is 2.55 bits per heavy atom. The summed E-state index contributed by atoms with van der Waals surface area (Å²) in [5, 5.41) is 6.26. The molecule has 5 nitrogen and oxygen atoms in total. The van der Waals surface area contributed by atoms with Crippen LogP contribution in [0.5, 0.6) is 5.75 Å². The molecule has 3 aromatic carbocycles. The van der Waals surface area contributed by atoms with Crippen LogP contribution in [0, 0.1) is 0 Å². The molecule has 5 heteroatoms. The minimum Gasteiger partial charge on any atom is -0.419 e. The lowest BCUT2D eigenvalue weighted by Gasteiger charge is -2.06. The Bertz CT molecular complexity index is 1320. The molecule has 2 heterocycles. The van der Waals surface area contributed by atoms with E-state index in [0.717, 1.165) is 21.9 Å². The summed E-state index contributed by atoms with van der Waals surface area (Å²) in [4.78, 5) is 17.4. The number of carbonyl (C=O) groups excluding carboxylic acids is 1. The van der Waals surface area contributed by atoms with Gasteiger partial charge in [-0.3, -0.25) is 9.67 Å². The van der Waals surface area contributed by atoms with E-state index >= 15 is 0 Å². The zero-order chi connectivity index (χ0) is 19.6. The number of fused-ring (bicyclic) bond motifs is 2. The minimum absolute atomic E-state index is 0.296. The number of aromatic nitrogens is 3. The van der Waals surface area contributed by atoms with Crippen molar-refractivity contribution in [3.63, 3.8) is 0 Å². The summed E-state index contributed by atoms with van der Waals surface area (Å²) in [6, 6.07) is 27.0. The molecule has 0 aliphatic rings. The first kappa shape index (κ1) is 17.1. The number of nitrogens with zero attached hydrogens (tertiary/aromatic N) is 3. The second-order valence-electron chi connectivity index (χ2n) is 6.73. The largest absolute Gasteiger partial charge is 0.419 e. The SMILES string of the molecule is O=C(Oc1cccc2cccnc12)c1nn(Cc2ccccc2)c2ccccc12. The Labute approximate surface area is 167 Å². The molecule has 0 spiro atoms. The Morgan fingerprint density at radius 1 is 0.862 bits per heavy atom. The summed E-state index contributed by atoms with van der Waals surface area (Å²) in [5.74, 6) is -0.0686. The molecule has 2 aromatic heterocycles. The standard InChI is InChI=1S/C24H17N3O2/c28-24(29-21-14-6-10-18-11-7-15-25-22(18)21)23-19-12-4-5-13-20(19)27(26-23)16-17-8-2-1-3-9-17/h1-15H,16H2. The van der Waals surface area contributed by atoms with Gasteiger partial charge in [-0.05, 0) is 23.8 Å². The molecule has 0 aliphatic carbocycles. The van der Waals surface area contributed by atoms with Gasteiger partial charge in [0, 0.05) is 17.0 Å². The highest BCUT2D eigenvalue weighted by Gasteiger charge is 2.20. The van der Waals surface area contributed by atoms with E-state index in [9.17, 15) is 4.79 Å². The first-order valence-corrected chi connectivity index (χ1v) is 9.35. The van der Waals surface area contributed by atoms with Crippen LogP contribution in [0.25, 0.3) is 21.8 Å². The highest BCUT2D eigenvalue weighted by atomic mass is 16.5. The maximum absolute atomic E-state index is 13.0. The van der Waals surface area contributed by atoms with Crippen molar-refractivity contribution in [2.45, 2.75) is 6.54 Å². The van der Waals surface area contributed by atoms with Crippen LogP contribution in [0.3, 0.4) is 0 Å². The van der Waals surface area contributed by atoms with Gasteiger partial charge in [-0.15, -0.1) is 0 Å². The number of benzene rings is 3. The van der Waals surface area contributed by atoms with Crippen LogP contribution < -0.4 is 4.74 Å². The maximum atomic E-state index is 13.0. The highest BCUT2D eigenvalue weighted by Crippen LogP contribution is 2.26. The van der Waals surface area contributed by atoms with Crippen molar-refractivity contribution in [1.29, 1.82) is 0 Å². The van der Waals surface area contributed by atoms with Gasteiger partial charge in [-0.1, -0.05) is 66.7 Å². The number of carbonyl (C=O) groups is 1. The fourth-order valence-corrected chi connectivity index (χ4v) is 3.46. The Morgan fingerprint density at radius 2 is 1.66 bits per heavy atom. The minimum atomic E-state index is -0.494. The van der Waals surface area contributed by atoms with Crippen LogP contribution in [0.2, 0.25) is 0 Å². The van der Waals surface area contributed by atoms with Gasteiger partial charge >= 0.3 is 5.97 Å². The number of pyridine rings is 1. The average Bonchev–Trinajstić information content (AvgIpc) is 3.13. The Hall–Kier alpha value is -3.99.